The SMILES string of the molecule is Cc1ccc(CN(CCO)CC2CCCN2)cc1C. The van der Waals surface area contributed by atoms with Crippen molar-refractivity contribution < 1.29 is 5.11 Å². The fourth-order valence-corrected chi connectivity index (χ4v) is 2.76. The van der Waals surface area contributed by atoms with E-state index in [-0.39, 0.29) is 6.61 Å². The van der Waals surface area contributed by atoms with Gasteiger partial charge in [0.25, 0.3) is 0 Å². The van der Waals surface area contributed by atoms with Crippen molar-refractivity contribution in [3.05, 3.63) is 34.9 Å². The lowest BCUT2D eigenvalue weighted by molar-refractivity contribution is 0.179. The number of hydrogen-bond donors (Lipinski definition) is 2. The number of aryl methyl sites for hydroxylation is 2. The monoisotopic (exact) mass is 262 g/mol. The summed E-state index contributed by atoms with van der Waals surface area (Å²) in [5.41, 5.74) is 4.03. The van der Waals surface area contributed by atoms with Crippen molar-refractivity contribution >= 4 is 0 Å². The summed E-state index contributed by atoms with van der Waals surface area (Å²) >= 11 is 0. The predicted octanol–water partition coefficient (Wildman–Crippen LogP) is 1.85. The molecule has 3 heteroatoms. The highest BCUT2D eigenvalue weighted by atomic mass is 16.3. The Bertz CT molecular complexity index is 400. The molecule has 0 spiro atoms. The molecule has 1 aromatic carbocycles. The van der Waals surface area contributed by atoms with Gasteiger partial charge in [-0.05, 0) is 49.9 Å². The van der Waals surface area contributed by atoms with Crippen LogP contribution in [-0.2, 0) is 6.54 Å². The van der Waals surface area contributed by atoms with Gasteiger partial charge in [-0.15, -0.1) is 0 Å². The van der Waals surface area contributed by atoms with Crippen molar-refractivity contribution in [2.24, 2.45) is 0 Å². The number of benzene rings is 1. The van der Waals surface area contributed by atoms with Gasteiger partial charge in [-0.2, -0.15) is 0 Å². The summed E-state index contributed by atoms with van der Waals surface area (Å²) in [6.07, 6.45) is 2.54. The Morgan fingerprint density at radius 3 is 2.79 bits per heavy atom. The van der Waals surface area contributed by atoms with Gasteiger partial charge in [-0.3, -0.25) is 4.90 Å². The third kappa shape index (κ3) is 4.30. The minimum atomic E-state index is 0.234. The van der Waals surface area contributed by atoms with Crippen LogP contribution in [0.25, 0.3) is 0 Å². The first-order valence-corrected chi connectivity index (χ1v) is 7.32. The molecule has 1 unspecified atom stereocenters. The molecule has 2 N–H and O–H groups in total. The highest BCUT2D eigenvalue weighted by Gasteiger charge is 2.17. The molecule has 0 bridgehead atoms. The summed E-state index contributed by atoms with van der Waals surface area (Å²) in [6, 6.07) is 7.25. The van der Waals surface area contributed by atoms with Gasteiger partial charge in [-0.25, -0.2) is 0 Å². The van der Waals surface area contributed by atoms with Crippen LogP contribution in [0.4, 0.5) is 0 Å². The Labute approximate surface area is 116 Å². The van der Waals surface area contributed by atoms with Crippen LogP contribution >= 0.6 is 0 Å². The highest BCUT2D eigenvalue weighted by Crippen LogP contribution is 2.13. The summed E-state index contributed by atoms with van der Waals surface area (Å²) in [5, 5.41) is 12.8. The first kappa shape index (κ1) is 14.5. The smallest absolute Gasteiger partial charge is 0.0558 e. The number of rotatable bonds is 6. The van der Waals surface area contributed by atoms with Crippen LogP contribution in [0.2, 0.25) is 0 Å². The molecule has 106 valence electrons. The van der Waals surface area contributed by atoms with Gasteiger partial charge < -0.3 is 10.4 Å². The molecule has 1 atom stereocenters. The Hall–Kier alpha value is -0.900. The number of aliphatic hydroxyl groups is 1. The Morgan fingerprint density at radius 1 is 1.32 bits per heavy atom. The van der Waals surface area contributed by atoms with E-state index in [1.807, 2.05) is 0 Å². The second-order valence-electron chi connectivity index (χ2n) is 5.67. The normalized spacial score (nSPS) is 19.3. The average Bonchev–Trinajstić information content (AvgIpc) is 2.87. The molecule has 0 aromatic heterocycles. The molecule has 1 saturated heterocycles. The van der Waals surface area contributed by atoms with E-state index in [9.17, 15) is 5.11 Å². The van der Waals surface area contributed by atoms with E-state index in [0.717, 1.165) is 26.2 Å². The molecule has 19 heavy (non-hydrogen) atoms. The minimum absolute atomic E-state index is 0.234. The molecule has 1 aliphatic rings. The summed E-state index contributed by atoms with van der Waals surface area (Å²) < 4.78 is 0. The summed E-state index contributed by atoms with van der Waals surface area (Å²) in [6.45, 7) is 8.40. The molecule has 0 aliphatic carbocycles. The zero-order valence-corrected chi connectivity index (χ0v) is 12.2. The maximum Gasteiger partial charge on any atom is 0.0558 e. The van der Waals surface area contributed by atoms with E-state index in [1.54, 1.807) is 0 Å². The molecule has 0 radical (unpaired) electrons. The van der Waals surface area contributed by atoms with Crippen molar-refractivity contribution in [1.29, 1.82) is 0 Å². The third-order valence-corrected chi connectivity index (χ3v) is 4.03. The second kappa shape index (κ2) is 7.04. The van der Waals surface area contributed by atoms with Crippen LogP contribution in [0, 0.1) is 13.8 Å². The molecule has 0 amide bonds. The maximum absolute atomic E-state index is 9.23. The molecular weight excluding hydrogens is 236 g/mol. The molecule has 2 rings (SSSR count). The predicted molar refractivity (Wildman–Crippen MR) is 79.3 cm³/mol. The van der Waals surface area contributed by atoms with Gasteiger partial charge in [0.2, 0.25) is 0 Å². The first-order chi connectivity index (χ1) is 9.19. The summed E-state index contributed by atoms with van der Waals surface area (Å²) in [4.78, 5) is 2.35. The Kier molecular flexibility index (Phi) is 5.37. The lowest BCUT2D eigenvalue weighted by atomic mass is 10.1. The average molecular weight is 262 g/mol. The topological polar surface area (TPSA) is 35.5 Å². The van der Waals surface area contributed by atoms with Crippen LogP contribution in [0.1, 0.15) is 29.5 Å². The number of hydrogen-bond acceptors (Lipinski definition) is 3. The van der Waals surface area contributed by atoms with Gasteiger partial charge in [0.15, 0.2) is 0 Å². The van der Waals surface area contributed by atoms with Gasteiger partial charge in [0.1, 0.15) is 0 Å². The lowest BCUT2D eigenvalue weighted by Gasteiger charge is -2.25. The molecular formula is C16H26N2O. The minimum Gasteiger partial charge on any atom is -0.395 e. The number of nitrogens with zero attached hydrogens (tertiary/aromatic N) is 1. The molecule has 3 nitrogen and oxygen atoms in total. The van der Waals surface area contributed by atoms with Gasteiger partial charge in [0, 0.05) is 25.7 Å². The Morgan fingerprint density at radius 2 is 2.16 bits per heavy atom. The van der Waals surface area contributed by atoms with Crippen LogP contribution in [0.5, 0.6) is 0 Å². The van der Waals surface area contributed by atoms with E-state index in [0.29, 0.717) is 6.04 Å². The maximum atomic E-state index is 9.23. The summed E-state index contributed by atoms with van der Waals surface area (Å²) in [5.74, 6) is 0. The quantitative estimate of drug-likeness (QED) is 0.821. The lowest BCUT2D eigenvalue weighted by Crippen LogP contribution is -2.38. The number of aliphatic hydroxyl groups excluding tert-OH is 1. The fraction of sp³-hybridized carbons (Fsp3) is 0.625. The zero-order valence-electron chi connectivity index (χ0n) is 12.2. The molecule has 1 heterocycles. The molecule has 1 fully saturated rings. The standard InChI is InChI=1S/C16H26N2O/c1-13-5-6-15(10-14(13)2)11-18(8-9-19)12-16-4-3-7-17-16/h5-6,10,16-17,19H,3-4,7-9,11-12H2,1-2H3. The summed E-state index contributed by atoms with van der Waals surface area (Å²) in [7, 11) is 0. The van der Waals surface area contributed by atoms with E-state index in [4.69, 9.17) is 0 Å². The van der Waals surface area contributed by atoms with Crippen LogP contribution in [-0.4, -0.2) is 42.3 Å². The van der Waals surface area contributed by atoms with Crippen LogP contribution in [0.15, 0.2) is 18.2 Å². The molecule has 1 aliphatic heterocycles. The van der Waals surface area contributed by atoms with Gasteiger partial charge in [-0.1, -0.05) is 18.2 Å². The van der Waals surface area contributed by atoms with Gasteiger partial charge in [0.05, 0.1) is 6.61 Å². The van der Waals surface area contributed by atoms with E-state index >= 15 is 0 Å². The Balaban J connectivity index is 1.96. The first-order valence-electron chi connectivity index (χ1n) is 7.32. The second-order valence-corrected chi connectivity index (χ2v) is 5.67. The fourth-order valence-electron chi connectivity index (χ4n) is 2.76. The van der Waals surface area contributed by atoms with Crippen molar-refractivity contribution in [3.8, 4) is 0 Å². The van der Waals surface area contributed by atoms with Crippen molar-refractivity contribution in [2.45, 2.75) is 39.3 Å². The third-order valence-electron chi connectivity index (χ3n) is 4.03. The van der Waals surface area contributed by atoms with Gasteiger partial charge >= 0.3 is 0 Å². The largest absolute Gasteiger partial charge is 0.395 e. The van der Waals surface area contributed by atoms with Crippen molar-refractivity contribution in [1.82, 2.24) is 10.2 Å². The van der Waals surface area contributed by atoms with Crippen molar-refractivity contribution in [3.63, 3.8) is 0 Å². The van der Waals surface area contributed by atoms with Crippen LogP contribution < -0.4 is 5.32 Å². The highest BCUT2D eigenvalue weighted by molar-refractivity contribution is 5.29. The van der Waals surface area contributed by atoms with E-state index < -0.39 is 0 Å². The van der Waals surface area contributed by atoms with E-state index in [2.05, 4.69) is 42.3 Å². The van der Waals surface area contributed by atoms with E-state index in [1.165, 1.54) is 29.5 Å². The zero-order chi connectivity index (χ0) is 13.7. The van der Waals surface area contributed by atoms with Crippen molar-refractivity contribution in [2.75, 3.05) is 26.2 Å². The number of nitrogens with one attached hydrogen (secondary N) is 1. The molecule has 1 aromatic rings. The van der Waals surface area contributed by atoms with Crippen LogP contribution in [0.3, 0.4) is 0 Å². The molecule has 0 saturated carbocycles.